The van der Waals surface area contributed by atoms with Gasteiger partial charge in [0.05, 0.1) is 6.10 Å². The smallest absolute Gasteiger partial charge is 0.0512 e. The van der Waals surface area contributed by atoms with Crippen molar-refractivity contribution in [2.45, 2.75) is 64.4 Å². The van der Waals surface area contributed by atoms with Crippen LogP contribution in [0, 0.1) is 5.41 Å². The molecule has 0 aromatic carbocycles. The lowest BCUT2D eigenvalue weighted by atomic mass is 9.73. The highest BCUT2D eigenvalue weighted by Crippen LogP contribution is 2.42. The van der Waals surface area contributed by atoms with Crippen molar-refractivity contribution < 1.29 is 5.11 Å². The van der Waals surface area contributed by atoms with Crippen molar-refractivity contribution >= 4 is 0 Å². The predicted molar refractivity (Wildman–Crippen MR) is 67.5 cm³/mol. The third kappa shape index (κ3) is 3.21. The molecule has 0 bridgehead atoms. The van der Waals surface area contributed by atoms with E-state index in [1.165, 1.54) is 58.2 Å². The molecule has 1 aliphatic carbocycles. The van der Waals surface area contributed by atoms with Crippen LogP contribution in [0.3, 0.4) is 0 Å². The van der Waals surface area contributed by atoms with Crippen LogP contribution in [0.4, 0.5) is 0 Å². The Hall–Kier alpha value is -0.0800. The number of nitrogens with zero attached hydrogens (tertiary/aromatic N) is 1. The van der Waals surface area contributed by atoms with E-state index in [2.05, 4.69) is 4.90 Å². The third-order valence-electron chi connectivity index (χ3n) is 4.38. The molecule has 1 saturated carbocycles. The first kappa shape index (κ1) is 12.4. The second kappa shape index (κ2) is 5.50. The molecule has 1 saturated heterocycles. The number of hydrogen-bond acceptors (Lipinski definition) is 2. The molecular formula is C14H27NO. The van der Waals surface area contributed by atoms with Crippen LogP contribution in [0.5, 0.6) is 0 Å². The van der Waals surface area contributed by atoms with Crippen molar-refractivity contribution in [3.05, 3.63) is 0 Å². The summed E-state index contributed by atoms with van der Waals surface area (Å²) in [6.45, 7) is 5.77. The van der Waals surface area contributed by atoms with Gasteiger partial charge in [-0.1, -0.05) is 25.7 Å². The van der Waals surface area contributed by atoms with Crippen molar-refractivity contribution in [3.8, 4) is 0 Å². The molecule has 1 atom stereocenters. The highest BCUT2D eigenvalue weighted by Gasteiger charge is 2.41. The Labute approximate surface area is 100 Å². The Morgan fingerprint density at radius 3 is 2.31 bits per heavy atom. The fourth-order valence-corrected chi connectivity index (χ4v) is 3.47. The normalized spacial score (nSPS) is 27.4. The summed E-state index contributed by atoms with van der Waals surface area (Å²) in [5.41, 5.74) is 0.710. The lowest BCUT2D eigenvalue weighted by Gasteiger charge is -2.50. The second-order valence-electron chi connectivity index (χ2n) is 6.12. The van der Waals surface area contributed by atoms with Crippen molar-refractivity contribution in [2.24, 2.45) is 5.41 Å². The minimum atomic E-state index is -0.117. The summed E-state index contributed by atoms with van der Waals surface area (Å²) >= 11 is 0. The summed E-state index contributed by atoms with van der Waals surface area (Å²) in [6, 6.07) is 0. The highest BCUT2D eigenvalue weighted by molar-refractivity contribution is 4.95. The van der Waals surface area contributed by atoms with Crippen molar-refractivity contribution in [3.63, 3.8) is 0 Å². The zero-order chi connectivity index (χ0) is 11.4. The van der Waals surface area contributed by atoms with E-state index in [4.69, 9.17) is 0 Å². The summed E-state index contributed by atoms with van der Waals surface area (Å²) in [6.07, 6.45) is 10.8. The van der Waals surface area contributed by atoms with Crippen molar-refractivity contribution in [1.82, 2.24) is 4.90 Å². The molecule has 0 aromatic heterocycles. The molecule has 0 aromatic rings. The van der Waals surface area contributed by atoms with Crippen LogP contribution in [0.2, 0.25) is 0 Å². The van der Waals surface area contributed by atoms with E-state index in [0.29, 0.717) is 5.41 Å². The number of aliphatic hydroxyl groups excluding tert-OH is 1. The van der Waals surface area contributed by atoms with Crippen molar-refractivity contribution in [2.75, 3.05) is 19.6 Å². The number of rotatable bonds is 4. The van der Waals surface area contributed by atoms with Gasteiger partial charge in [-0.15, -0.1) is 0 Å². The molecule has 2 fully saturated rings. The molecule has 1 spiro atoms. The van der Waals surface area contributed by atoms with Crippen LogP contribution in [0.1, 0.15) is 58.3 Å². The molecule has 2 nitrogen and oxygen atoms in total. The van der Waals surface area contributed by atoms with Gasteiger partial charge < -0.3 is 10.0 Å². The SMILES string of the molecule is CC(O)CCCN1CC2(CCCCCC2)C1. The molecule has 1 unspecified atom stereocenters. The van der Waals surface area contributed by atoms with Crippen LogP contribution in [0.25, 0.3) is 0 Å². The molecule has 16 heavy (non-hydrogen) atoms. The minimum absolute atomic E-state index is 0.117. The maximum absolute atomic E-state index is 9.22. The summed E-state index contributed by atoms with van der Waals surface area (Å²) in [5.74, 6) is 0. The molecule has 1 aliphatic heterocycles. The summed E-state index contributed by atoms with van der Waals surface area (Å²) in [7, 11) is 0. The maximum Gasteiger partial charge on any atom is 0.0512 e. The molecule has 0 amide bonds. The van der Waals surface area contributed by atoms with Gasteiger partial charge in [0.15, 0.2) is 0 Å². The lowest BCUT2D eigenvalue weighted by molar-refractivity contribution is -0.0139. The second-order valence-corrected chi connectivity index (χ2v) is 6.12. The molecule has 2 heteroatoms. The average molecular weight is 225 g/mol. The standard InChI is InChI=1S/C14H27NO/c1-13(16)7-6-10-15-11-14(12-15)8-4-2-3-5-9-14/h13,16H,2-12H2,1H3. The van der Waals surface area contributed by atoms with Gasteiger partial charge in [0.25, 0.3) is 0 Å². The first-order valence-electron chi connectivity index (χ1n) is 7.11. The van der Waals surface area contributed by atoms with Crippen LogP contribution >= 0.6 is 0 Å². The summed E-state index contributed by atoms with van der Waals surface area (Å²) < 4.78 is 0. The van der Waals surface area contributed by atoms with Crippen molar-refractivity contribution in [1.29, 1.82) is 0 Å². The molecule has 94 valence electrons. The Morgan fingerprint density at radius 1 is 1.12 bits per heavy atom. The van der Waals surface area contributed by atoms with Gasteiger partial charge in [0, 0.05) is 13.1 Å². The number of hydrogen-bond donors (Lipinski definition) is 1. The van der Waals surface area contributed by atoms with Gasteiger partial charge in [0.2, 0.25) is 0 Å². The zero-order valence-corrected chi connectivity index (χ0v) is 10.7. The van der Waals surface area contributed by atoms with E-state index < -0.39 is 0 Å². The van der Waals surface area contributed by atoms with E-state index >= 15 is 0 Å². The van der Waals surface area contributed by atoms with E-state index in [0.717, 1.165) is 12.8 Å². The molecule has 1 heterocycles. The maximum atomic E-state index is 9.22. The summed E-state index contributed by atoms with van der Waals surface area (Å²) in [4.78, 5) is 2.59. The van der Waals surface area contributed by atoms with Gasteiger partial charge in [-0.25, -0.2) is 0 Å². The Bertz CT molecular complexity index is 199. The molecule has 2 aliphatic rings. The van der Waals surface area contributed by atoms with E-state index in [-0.39, 0.29) is 6.10 Å². The van der Waals surface area contributed by atoms with Gasteiger partial charge >= 0.3 is 0 Å². The van der Waals surface area contributed by atoms with E-state index in [9.17, 15) is 5.11 Å². The molecule has 1 N–H and O–H groups in total. The number of likely N-dealkylation sites (tertiary alicyclic amines) is 1. The minimum Gasteiger partial charge on any atom is -0.393 e. The first-order valence-corrected chi connectivity index (χ1v) is 7.11. The van der Waals surface area contributed by atoms with Crippen LogP contribution in [-0.2, 0) is 0 Å². The third-order valence-corrected chi connectivity index (χ3v) is 4.38. The first-order chi connectivity index (χ1) is 7.70. The monoisotopic (exact) mass is 225 g/mol. The van der Waals surface area contributed by atoms with Gasteiger partial charge in [-0.3, -0.25) is 0 Å². The quantitative estimate of drug-likeness (QED) is 0.795. The van der Waals surface area contributed by atoms with Gasteiger partial charge in [-0.05, 0) is 44.6 Å². The topological polar surface area (TPSA) is 23.5 Å². The largest absolute Gasteiger partial charge is 0.393 e. The highest BCUT2D eigenvalue weighted by atomic mass is 16.3. The van der Waals surface area contributed by atoms with E-state index in [1.807, 2.05) is 6.92 Å². The Balaban J connectivity index is 1.64. The van der Waals surface area contributed by atoms with Crippen LogP contribution < -0.4 is 0 Å². The lowest BCUT2D eigenvalue weighted by Crippen LogP contribution is -2.56. The fraction of sp³-hybridized carbons (Fsp3) is 1.00. The zero-order valence-electron chi connectivity index (χ0n) is 10.7. The Morgan fingerprint density at radius 2 is 1.75 bits per heavy atom. The molecule has 0 radical (unpaired) electrons. The molecular weight excluding hydrogens is 198 g/mol. The van der Waals surface area contributed by atoms with Crippen LogP contribution in [-0.4, -0.2) is 35.7 Å². The van der Waals surface area contributed by atoms with Gasteiger partial charge in [-0.2, -0.15) is 0 Å². The predicted octanol–water partition coefficient (Wildman–Crippen LogP) is 2.80. The number of aliphatic hydroxyl groups is 1. The fourth-order valence-electron chi connectivity index (χ4n) is 3.47. The summed E-state index contributed by atoms with van der Waals surface area (Å²) in [5, 5.41) is 9.22. The average Bonchev–Trinajstić information content (AvgIpc) is 2.41. The Kier molecular flexibility index (Phi) is 4.26. The van der Waals surface area contributed by atoms with Crippen LogP contribution in [0.15, 0.2) is 0 Å². The molecule has 2 rings (SSSR count). The van der Waals surface area contributed by atoms with E-state index in [1.54, 1.807) is 0 Å². The van der Waals surface area contributed by atoms with Gasteiger partial charge in [0.1, 0.15) is 0 Å².